The lowest BCUT2D eigenvalue weighted by Gasteiger charge is -2.14. The lowest BCUT2D eigenvalue weighted by atomic mass is 10.1. The van der Waals surface area contributed by atoms with Gasteiger partial charge in [-0.2, -0.15) is 4.80 Å². The molecule has 1 N–H and O–H groups in total. The van der Waals surface area contributed by atoms with Crippen molar-refractivity contribution in [1.82, 2.24) is 20.2 Å². The number of benzene rings is 2. The summed E-state index contributed by atoms with van der Waals surface area (Å²) in [5, 5.41) is 13.8. The summed E-state index contributed by atoms with van der Waals surface area (Å²) in [6, 6.07) is 10.6. The summed E-state index contributed by atoms with van der Waals surface area (Å²) in [4.78, 5) is 25.1. The second-order valence-corrected chi connectivity index (χ2v) is 6.23. The highest BCUT2D eigenvalue weighted by Crippen LogP contribution is 2.18. The average molecular weight is 401 g/mol. The lowest BCUT2D eigenvalue weighted by Crippen LogP contribution is -2.32. The van der Waals surface area contributed by atoms with Crippen LogP contribution in [0.15, 0.2) is 42.5 Å². The Kier molecular flexibility index (Phi) is 5.91. The quantitative estimate of drug-likeness (QED) is 0.637. The fourth-order valence-electron chi connectivity index (χ4n) is 2.37. The van der Waals surface area contributed by atoms with Gasteiger partial charge in [0.2, 0.25) is 5.82 Å². The van der Waals surface area contributed by atoms with Crippen LogP contribution in [0.4, 0.5) is 14.5 Å². The van der Waals surface area contributed by atoms with E-state index in [0.29, 0.717) is 5.82 Å². The minimum Gasteiger partial charge on any atom is -0.451 e. The first-order valence-corrected chi connectivity index (χ1v) is 8.62. The van der Waals surface area contributed by atoms with Gasteiger partial charge in [-0.05, 0) is 31.2 Å². The zero-order valence-corrected chi connectivity index (χ0v) is 15.6. The molecule has 29 heavy (non-hydrogen) atoms. The smallest absolute Gasteiger partial charge is 0.330 e. The Balaban J connectivity index is 1.57. The number of nitrogens with one attached hydrogen (secondary N) is 1. The lowest BCUT2D eigenvalue weighted by molar-refractivity contribution is -0.154. The maximum atomic E-state index is 13.6. The molecule has 10 heteroatoms. The van der Waals surface area contributed by atoms with Crippen molar-refractivity contribution in [2.24, 2.45) is 0 Å². The monoisotopic (exact) mass is 401 g/mol. The molecule has 1 atom stereocenters. The third-order valence-corrected chi connectivity index (χ3v) is 3.92. The van der Waals surface area contributed by atoms with Crippen LogP contribution in [-0.4, -0.2) is 38.2 Å². The largest absolute Gasteiger partial charge is 0.451 e. The van der Waals surface area contributed by atoms with Crippen molar-refractivity contribution in [2.75, 3.05) is 5.32 Å². The summed E-state index contributed by atoms with van der Waals surface area (Å²) in [6.45, 7) is 2.84. The molecule has 1 amide bonds. The molecule has 3 aromatic rings. The minimum absolute atomic E-state index is 0.332. The number of hydrogen-bond acceptors (Lipinski definition) is 6. The van der Waals surface area contributed by atoms with Gasteiger partial charge < -0.3 is 10.1 Å². The molecular weight excluding hydrogens is 384 g/mol. The molecule has 8 nitrogen and oxygen atoms in total. The Hall–Kier alpha value is -3.69. The molecule has 1 heterocycles. The molecular formula is C19H17F2N5O3. The first-order valence-electron chi connectivity index (χ1n) is 8.62. The molecule has 0 aliphatic carbocycles. The van der Waals surface area contributed by atoms with Gasteiger partial charge in [-0.1, -0.05) is 35.9 Å². The molecule has 0 aliphatic rings. The second kappa shape index (κ2) is 8.55. The van der Waals surface area contributed by atoms with Crippen LogP contribution in [0.2, 0.25) is 0 Å². The Bertz CT molecular complexity index is 1020. The van der Waals surface area contributed by atoms with Crippen LogP contribution in [-0.2, 0) is 20.9 Å². The first kappa shape index (κ1) is 20.1. The number of nitrogens with zero attached hydrogens (tertiary/aromatic N) is 4. The number of ether oxygens (including phenoxy) is 1. The van der Waals surface area contributed by atoms with E-state index in [1.807, 2.05) is 31.2 Å². The van der Waals surface area contributed by atoms with Crippen molar-refractivity contribution in [2.45, 2.75) is 26.5 Å². The van der Waals surface area contributed by atoms with E-state index in [0.717, 1.165) is 28.1 Å². The van der Waals surface area contributed by atoms with Crippen molar-refractivity contribution in [3.63, 3.8) is 0 Å². The number of carbonyl (C=O) groups is 2. The highest BCUT2D eigenvalue weighted by molar-refractivity contribution is 5.95. The SMILES string of the molecule is Cc1ccc(-c2nnn(CC(=O)OC(C)C(=O)Nc3c(F)cccc3F)n2)cc1. The number of carbonyl (C=O) groups excluding carboxylic acids is 2. The second-order valence-electron chi connectivity index (χ2n) is 6.23. The number of amides is 1. The van der Waals surface area contributed by atoms with Gasteiger partial charge in [0.15, 0.2) is 12.6 Å². The van der Waals surface area contributed by atoms with E-state index in [-0.39, 0.29) is 6.54 Å². The molecule has 1 aromatic heterocycles. The van der Waals surface area contributed by atoms with Crippen molar-refractivity contribution in [3.8, 4) is 11.4 Å². The van der Waals surface area contributed by atoms with E-state index in [1.54, 1.807) is 0 Å². The zero-order chi connectivity index (χ0) is 21.0. The van der Waals surface area contributed by atoms with Crippen molar-refractivity contribution >= 4 is 17.6 Å². The van der Waals surface area contributed by atoms with E-state index >= 15 is 0 Å². The minimum atomic E-state index is -1.29. The van der Waals surface area contributed by atoms with Crippen LogP contribution in [0.5, 0.6) is 0 Å². The van der Waals surface area contributed by atoms with Gasteiger partial charge in [-0.25, -0.2) is 13.6 Å². The fraction of sp³-hybridized carbons (Fsp3) is 0.211. The Morgan fingerprint density at radius 3 is 2.45 bits per heavy atom. The van der Waals surface area contributed by atoms with Gasteiger partial charge in [-0.3, -0.25) is 4.79 Å². The topological polar surface area (TPSA) is 99.0 Å². The maximum Gasteiger partial charge on any atom is 0.330 e. The third kappa shape index (κ3) is 4.98. The van der Waals surface area contributed by atoms with Crippen LogP contribution < -0.4 is 5.32 Å². The van der Waals surface area contributed by atoms with E-state index in [4.69, 9.17) is 4.74 Å². The number of aryl methyl sites for hydroxylation is 1. The number of anilines is 1. The maximum absolute atomic E-state index is 13.6. The van der Waals surface area contributed by atoms with Crippen LogP contribution >= 0.6 is 0 Å². The first-order chi connectivity index (χ1) is 13.8. The van der Waals surface area contributed by atoms with Crippen molar-refractivity contribution < 1.29 is 23.1 Å². The molecule has 150 valence electrons. The predicted molar refractivity (Wildman–Crippen MR) is 98.5 cm³/mol. The predicted octanol–water partition coefficient (Wildman–Crippen LogP) is 2.50. The van der Waals surface area contributed by atoms with E-state index in [9.17, 15) is 18.4 Å². The van der Waals surface area contributed by atoms with Crippen LogP contribution in [0.25, 0.3) is 11.4 Å². The van der Waals surface area contributed by atoms with E-state index < -0.39 is 35.3 Å². The van der Waals surface area contributed by atoms with Gasteiger partial charge >= 0.3 is 5.97 Å². The van der Waals surface area contributed by atoms with Crippen molar-refractivity contribution in [3.05, 3.63) is 59.7 Å². The Labute approximate surface area is 164 Å². The molecule has 0 saturated carbocycles. The standard InChI is InChI=1S/C19H17F2N5O3/c1-11-6-8-13(9-7-11)18-23-25-26(24-18)10-16(27)29-12(2)19(28)22-17-14(20)4-3-5-15(17)21/h3-9,12H,10H2,1-2H3,(H,22,28). The van der Waals surface area contributed by atoms with Gasteiger partial charge in [0.25, 0.3) is 5.91 Å². The Morgan fingerprint density at radius 1 is 1.14 bits per heavy atom. The van der Waals surface area contributed by atoms with Gasteiger partial charge in [0.05, 0.1) is 0 Å². The number of rotatable bonds is 6. The van der Waals surface area contributed by atoms with Crippen molar-refractivity contribution in [1.29, 1.82) is 0 Å². The molecule has 0 radical (unpaired) electrons. The normalized spacial score (nSPS) is 11.7. The summed E-state index contributed by atoms with van der Waals surface area (Å²) in [7, 11) is 0. The number of tetrazole rings is 1. The molecule has 0 bridgehead atoms. The molecule has 3 rings (SSSR count). The van der Waals surface area contributed by atoms with E-state index in [2.05, 4.69) is 20.7 Å². The molecule has 0 aliphatic heterocycles. The number of hydrogen-bond donors (Lipinski definition) is 1. The molecule has 0 spiro atoms. The van der Waals surface area contributed by atoms with Gasteiger partial charge in [0.1, 0.15) is 17.3 Å². The van der Waals surface area contributed by atoms with Crippen LogP contribution in [0, 0.1) is 18.6 Å². The molecule has 2 aromatic carbocycles. The zero-order valence-electron chi connectivity index (χ0n) is 15.6. The summed E-state index contributed by atoms with van der Waals surface area (Å²) in [5.41, 5.74) is 1.20. The van der Waals surface area contributed by atoms with Gasteiger partial charge in [-0.15, -0.1) is 10.2 Å². The van der Waals surface area contributed by atoms with Crippen LogP contribution in [0.1, 0.15) is 12.5 Å². The van der Waals surface area contributed by atoms with Gasteiger partial charge in [0, 0.05) is 5.56 Å². The summed E-state index contributed by atoms with van der Waals surface area (Å²) < 4.78 is 32.2. The molecule has 0 saturated heterocycles. The fourth-order valence-corrected chi connectivity index (χ4v) is 2.37. The van der Waals surface area contributed by atoms with Crippen LogP contribution in [0.3, 0.4) is 0 Å². The third-order valence-electron chi connectivity index (χ3n) is 3.92. The number of esters is 1. The Morgan fingerprint density at radius 2 is 1.79 bits per heavy atom. The highest BCUT2D eigenvalue weighted by Gasteiger charge is 2.21. The molecule has 0 fully saturated rings. The summed E-state index contributed by atoms with van der Waals surface area (Å²) >= 11 is 0. The summed E-state index contributed by atoms with van der Waals surface area (Å²) in [5.74, 6) is -3.23. The average Bonchev–Trinajstić information content (AvgIpc) is 3.13. The summed E-state index contributed by atoms with van der Waals surface area (Å²) in [6.07, 6.45) is -1.29. The number of aromatic nitrogens is 4. The highest BCUT2D eigenvalue weighted by atomic mass is 19.1. The number of para-hydroxylation sites is 1. The molecule has 1 unspecified atom stereocenters. The number of halogens is 2. The van der Waals surface area contributed by atoms with E-state index in [1.165, 1.54) is 13.0 Å².